The number of carbonyl (C=O) groups excluding carboxylic acids is 1. The van der Waals surface area contributed by atoms with Gasteiger partial charge in [-0.3, -0.25) is 4.79 Å². The molecule has 0 amide bonds. The molecule has 1 atom stereocenters. The average molecular weight is 276 g/mol. The lowest BCUT2D eigenvalue weighted by molar-refractivity contribution is -0.141. The van der Waals surface area contributed by atoms with Crippen LogP contribution in [0.1, 0.15) is 20.3 Å². The molecule has 3 heteroatoms. The van der Waals surface area contributed by atoms with Gasteiger partial charge in [-0.05, 0) is 18.9 Å². The van der Waals surface area contributed by atoms with Crippen molar-refractivity contribution in [2.24, 2.45) is 0 Å². The molecule has 0 unspecified atom stereocenters. The molecule has 104 valence electrons. The maximum absolute atomic E-state index is 10.9. The Labute approximate surface area is 117 Å². The van der Waals surface area contributed by atoms with Crippen molar-refractivity contribution in [1.82, 2.24) is 0 Å². The fraction of sp³-hybridized carbons (Fsp3) is 0.438. The molecule has 0 heterocycles. The van der Waals surface area contributed by atoms with Gasteiger partial charge in [0.05, 0.1) is 14.7 Å². The topological polar surface area (TPSA) is 26.3 Å². The van der Waals surface area contributed by atoms with E-state index in [9.17, 15) is 4.79 Å². The van der Waals surface area contributed by atoms with Gasteiger partial charge in [0, 0.05) is 6.92 Å². The predicted octanol–water partition coefficient (Wildman–Crippen LogP) is 3.50. The van der Waals surface area contributed by atoms with Crippen LogP contribution in [-0.4, -0.2) is 20.7 Å². The second-order valence-corrected chi connectivity index (χ2v) is 10.1. The Morgan fingerprint density at radius 2 is 1.95 bits per heavy atom. The average Bonchev–Trinajstić information content (AvgIpc) is 2.38. The highest BCUT2D eigenvalue weighted by Crippen LogP contribution is 2.27. The van der Waals surface area contributed by atoms with Crippen LogP contribution in [0.4, 0.5) is 0 Å². The Hall–Kier alpha value is -1.35. The van der Waals surface area contributed by atoms with Crippen LogP contribution in [0.25, 0.3) is 0 Å². The van der Waals surface area contributed by atoms with Gasteiger partial charge in [0.15, 0.2) is 0 Å². The molecule has 0 saturated heterocycles. The zero-order chi connectivity index (χ0) is 14.3. The fourth-order valence-corrected chi connectivity index (χ4v) is 5.33. The number of carbonyl (C=O) groups is 1. The van der Waals surface area contributed by atoms with Crippen LogP contribution < -0.4 is 5.19 Å². The third kappa shape index (κ3) is 4.67. The number of benzene rings is 1. The molecule has 0 aliphatic heterocycles. The number of esters is 1. The summed E-state index contributed by atoms with van der Waals surface area (Å²) in [7, 11) is -1.58. The second-order valence-electron chi connectivity index (χ2n) is 5.35. The Bertz CT molecular complexity index is 424. The van der Waals surface area contributed by atoms with Crippen molar-refractivity contribution in [3.8, 4) is 0 Å². The first kappa shape index (κ1) is 15.7. The van der Waals surface area contributed by atoms with Gasteiger partial charge >= 0.3 is 5.97 Å². The molecule has 0 aliphatic rings. The molecule has 0 bridgehead atoms. The summed E-state index contributed by atoms with van der Waals surface area (Å²) < 4.78 is 5.10. The van der Waals surface area contributed by atoms with E-state index in [1.165, 1.54) is 12.1 Å². The second kappa shape index (κ2) is 7.29. The van der Waals surface area contributed by atoms with Gasteiger partial charge < -0.3 is 4.74 Å². The molecule has 19 heavy (non-hydrogen) atoms. The standard InChI is InChI=1S/C16H24O2Si/c1-5-9-15(12-13-18-14(2)17)19(3,4)16-10-7-6-8-11-16/h5-11,15H,12-13H2,1-4H3/b9-5+/t15-/m0/s1. The zero-order valence-corrected chi connectivity index (χ0v) is 13.3. The number of allylic oxidation sites excluding steroid dienone is 2. The zero-order valence-electron chi connectivity index (χ0n) is 12.3. The van der Waals surface area contributed by atoms with E-state index >= 15 is 0 Å². The van der Waals surface area contributed by atoms with Crippen molar-refractivity contribution >= 4 is 19.2 Å². The van der Waals surface area contributed by atoms with E-state index in [1.54, 1.807) is 0 Å². The summed E-state index contributed by atoms with van der Waals surface area (Å²) in [6, 6.07) is 10.7. The molecule has 0 saturated carbocycles. The van der Waals surface area contributed by atoms with E-state index in [0.717, 1.165) is 6.42 Å². The Balaban J connectivity index is 2.82. The number of hydrogen-bond acceptors (Lipinski definition) is 2. The monoisotopic (exact) mass is 276 g/mol. The minimum atomic E-state index is -1.58. The molecule has 0 fully saturated rings. The molecule has 0 aromatic heterocycles. The summed E-state index contributed by atoms with van der Waals surface area (Å²) >= 11 is 0. The molecule has 0 aliphatic carbocycles. The van der Waals surface area contributed by atoms with Crippen molar-refractivity contribution in [3.05, 3.63) is 42.5 Å². The number of ether oxygens (including phenoxy) is 1. The van der Waals surface area contributed by atoms with Gasteiger partial charge in [0.25, 0.3) is 0 Å². The number of rotatable bonds is 6. The Morgan fingerprint density at radius 3 is 2.47 bits per heavy atom. The van der Waals surface area contributed by atoms with Gasteiger partial charge in [-0.25, -0.2) is 0 Å². The van der Waals surface area contributed by atoms with Crippen molar-refractivity contribution < 1.29 is 9.53 Å². The molecular weight excluding hydrogens is 252 g/mol. The minimum Gasteiger partial charge on any atom is -0.466 e. The van der Waals surface area contributed by atoms with Crippen LogP contribution in [-0.2, 0) is 9.53 Å². The first-order valence-corrected chi connectivity index (χ1v) is 9.88. The predicted molar refractivity (Wildman–Crippen MR) is 83.4 cm³/mol. The molecule has 0 radical (unpaired) electrons. The molecule has 0 spiro atoms. The third-order valence-corrected chi connectivity index (χ3v) is 7.76. The van der Waals surface area contributed by atoms with Crippen molar-refractivity contribution in [3.63, 3.8) is 0 Å². The summed E-state index contributed by atoms with van der Waals surface area (Å²) in [6.45, 7) is 8.77. The summed E-state index contributed by atoms with van der Waals surface area (Å²) in [5.74, 6) is -0.196. The van der Waals surface area contributed by atoms with E-state index in [2.05, 4.69) is 55.6 Å². The van der Waals surface area contributed by atoms with Crippen LogP contribution in [0.5, 0.6) is 0 Å². The molecule has 1 aromatic rings. The molecule has 1 rings (SSSR count). The summed E-state index contributed by atoms with van der Waals surface area (Å²) in [5.41, 5.74) is 0.485. The van der Waals surface area contributed by atoms with E-state index < -0.39 is 8.07 Å². The van der Waals surface area contributed by atoms with Crippen molar-refractivity contribution in [1.29, 1.82) is 0 Å². The van der Waals surface area contributed by atoms with E-state index in [0.29, 0.717) is 12.1 Å². The summed E-state index contributed by atoms with van der Waals surface area (Å²) in [6.07, 6.45) is 5.27. The Kier molecular flexibility index (Phi) is 6.02. The fourth-order valence-electron chi connectivity index (χ4n) is 2.34. The minimum absolute atomic E-state index is 0.196. The summed E-state index contributed by atoms with van der Waals surface area (Å²) in [4.78, 5) is 10.9. The number of hydrogen-bond donors (Lipinski definition) is 0. The molecule has 2 nitrogen and oxygen atoms in total. The molecule has 0 N–H and O–H groups in total. The molecular formula is C16H24O2Si. The quantitative estimate of drug-likeness (QED) is 0.451. The maximum Gasteiger partial charge on any atom is 0.302 e. The van der Waals surface area contributed by atoms with Crippen LogP contribution in [0.2, 0.25) is 18.6 Å². The first-order chi connectivity index (χ1) is 8.98. The van der Waals surface area contributed by atoms with Crippen LogP contribution in [0.3, 0.4) is 0 Å². The maximum atomic E-state index is 10.9. The summed E-state index contributed by atoms with van der Waals surface area (Å²) in [5, 5.41) is 1.45. The van der Waals surface area contributed by atoms with Crippen LogP contribution in [0.15, 0.2) is 42.5 Å². The van der Waals surface area contributed by atoms with Gasteiger partial charge in [0.2, 0.25) is 0 Å². The van der Waals surface area contributed by atoms with E-state index in [-0.39, 0.29) is 5.97 Å². The normalized spacial score (nSPS) is 13.5. The van der Waals surface area contributed by atoms with E-state index in [1.807, 2.05) is 6.92 Å². The van der Waals surface area contributed by atoms with Crippen molar-refractivity contribution in [2.75, 3.05) is 6.61 Å². The van der Waals surface area contributed by atoms with Crippen LogP contribution in [0, 0.1) is 0 Å². The smallest absolute Gasteiger partial charge is 0.302 e. The van der Waals surface area contributed by atoms with Gasteiger partial charge in [0.1, 0.15) is 0 Å². The lowest BCUT2D eigenvalue weighted by Crippen LogP contribution is -2.45. The lowest BCUT2D eigenvalue weighted by atomic mass is 10.3. The highest BCUT2D eigenvalue weighted by molar-refractivity contribution is 6.91. The van der Waals surface area contributed by atoms with Crippen molar-refractivity contribution in [2.45, 2.75) is 38.9 Å². The first-order valence-electron chi connectivity index (χ1n) is 6.80. The third-order valence-electron chi connectivity index (χ3n) is 3.60. The largest absolute Gasteiger partial charge is 0.466 e. The Morgan fingerprint density at radius 1 is 1.32 bits per heavy atom. The van der Waals surface area contributed by atoms with Gasteiger partial charge in [-0.1, -0.05) is 60.8 Å². The highest BCUT2D eigenvalue weighted by Gasteiger charge is 2.31. The molecule has 1 aromatic carbocycles. The van der Waals surface area contributed by atoms with Gasteiger partial charge in [-0.2, -0.15) is 0 Å². The SMILES string of the molecule is C/C=C/[C@@H](CCOC(C)=O)[Si](C)(C)c1ccccc1. The lowest BCUT2D eigenvalue weighted by Gasteiger charge is -2.31. The van der Waals surface area contributed by atoms with Crippen LogP contribution >= 0.6 is 0 Å². The van der Waals surface area contributed by atoms with E-state index in [4.69, 9.17) is 4.74 Å². The highest BCUT2D eigenvalue weighted by atomic mass is 28.3. The van der Waals surface area contributed by atoms with Gasteiger partial charge in [-0.15, -0.1) is 0 Å².